The second-order valence-corrected chi connectivity index (χ2v) is 8.41. The van der Waals surface area contributed by atoms with Gasteiger partial charge in [-0.15, -0.1) is 10.2 Å². The van der Waals surface area contributed by atoms with E-state index in [9.17, 15) is 4.79 Å². The van der Waals surface area contributed by atoms with Crippen molar-refractivity contribution in [3.05, 3.63) is 47.0 Å². The van der Waals surface area contributed by atoms with E-state index < -0.39 is 0 Å². The number of aryl methyl sites for hydroxylation is 1. The molecule has 2 aromatic carbocycles. The third-order valence-electron chi connectivity index (χ3n) is 4.83. The number of fused-ring (bicyclic) bond motifs is 1. The summed E-state index contributed by atoms with van der Waals surface area (Å²) in [5.74, 6) is 2.27. The summed E-state index contributed by atoms with van der Waals surface area (Å²) in [5.41, 5.74) is 2.53. The molecular weight excluding hydrogens is 436 g/mol. The lowest BCUT2D eigenvalue weighted by molar-refractivity contribution is -0.113. The summed E-state index contributed by atoms with van der Waals surface area (Å²) in [6, 6.07) is 11.2. The Morgan fingerprint density at radius 2 is 1.97 bits per heavy atom. The molecule has 0 unspecified atom stereocenters. The van der Waals surface area contributed by atoms with Gasteiger partial charge in [0.15, 0.2) is 22.5 Å². The number of aromatic nitrogens is 3. The van der Waals surface area contributed by atoms with Crippen LogP contribution in [0, 0.1) is 6.92 Å². The topological polar surface area (TPSA) is 78.3 Å². The zero-order valence-electron chi connectivity index (χ0n) is 17.4. The van der Waals surface area contributed by atoms with Crippen LogP contribution in [0.3, 0.4) is 0 Å². The summed E-state index contributed by atoms with van der Waals surface area (Å²) in [4.78, 5) is 12.4. The monoisotopic (exact) mass is 458 g/mol. The number of thioether (sulfide) groups is 1. The predicted octanol–water partition coefficient (Wildman–Crippen LogP) is 4.82. The average molecular weight is 459 g/mol. The van der Waals surface area contributed by atoms with Gasteiger partial charge < -0.3 is 19.4 Å². The Labute approximate surface area is 190 Å². The van der Waals surface area contributed by atoms with E-state index in [1.165, 1.54) is 11.8 Å². The van der Waals surface area contributed by atoms with E-state index in [0.717, 1.165) is 29.1 Å². The minimum Gasteiger partial charge on any atom is -0.490 e. The standard InChI is InChI=1S/C22H23ClN4O3S/c1-3-27-21(15-6-8-18-19(11-15)30-10-4-9-29-18)25-26-22(27)31-13-20(28)24-16-7-5-14(2)17(23)12-16/h5-8,11-12H,3-4,9-10,13H2,1-2H3,(H,24,28). The second-order valence-electron chi connectivity index (χ2n) is 7.06. The molecule has 0 radical (unpaired) electrons. The number of benzene rings is 2. The molecule has 1 amide bonds. The summed E-state index contributed by atoms with van der Waals surface area (Å²) < 4.78 is 13.5. The SMILES string of the molecule is CCn1c(SCC(=O)Nc2ccc(C)c(Cl)c2)nnc1-c1ccc2c(c1)OCCCO2. The van der Waals surface area contributed by atoms with Crippen molar-refractivity contribution in [2.45, 2.75) is 32.0 Å². The number of rotatable bonds is 6. The molecule has 0 aliphatic carbocycles. The molecule has 7 nitrogen and oxygen atoms in total. The van der Waals surface area contributed by atoms with Crippen molar-refractivity contribution in [3.63, 3.8) is 0 Å². The van der Waals surface area contributed by atoms with E-state index in [1.54, 1.807) is 6.07 Å². The number of hydrogen-bond acceptors (Lipinski definition) is 6. The van der Waals surface area contributed by atoms with Crippen molar-refractivity contribution in [1.82, 2.24) is 14.8 Å². The van der Waals surface area contributed by atoms with Crippen molar-refractivity contribution >= 4 is 35.0 Å². The van der Waals surface area contributed by atoms with Gasteiger partial charge in [-0.05, 0) is 49.7 Å². The third-order valence-corrected chi connectivity index (χ3v) is 6.20. The van der Waals surface area contributed by atoms with Gasteiger partial charge in [-0.3, -0.25) is 4.79 Å². The normalized spacial score (nSPS) is 13.0. The molecule has 1 aliphatic rings. The molecule has 4 rings (SSSR count). The highest BCUT2D eigenvalue weighted by atomic mass is 35.5. The molecule has 0 atom stereocenters. The van der Waals surface area contributed by atoms with Crippen molar-refractivity contribution in [1.29, 1.82) is 0 Å². The maximum Gasteiger partial charge on any atom is 0.234 e. The minimum atomic E-state index is -0.132. The largest absolute Gasteiger partial charge is 0.490 e. The maximum atomic E-state index is 12.4. The number of carbonyl (C=O) groups is 1. The van der Waals surface area contributed by atoms with E-state index in [4.69, 9.17) is 21.1 Å². The van der Waals surface area contributed by atoms with Crippen molar-refractivity contribution < 1.29 is 14.3 Å². The number of nitrogens with one attached hydrogen (secondary N) is 1. The molecule has 2 heterocycles. The van der Waals surface area contributed by atoms with E-state index in [-0.39, 0.29) is 11.7 Å². The molecule has 1 aliphatic heterocycles. The highest BCUT2D eigenvalue weighted by Crippen LogP contribution is 2.34. The number of amides is 1. The maximum absolute atomic E-state index is 12.4. The summed E-state index contributed by atoms with van der Waals surface area (Å²) in [7, 11) is 0. The van der Waals surface area contributed by atoms with Gasteiger partial charge >= 0.3 is 0 Å². The highest BCUT2D eigenvalue weighted by molar-refractivity contribution is 7.99. The van der Waals surface area contributed by atoms with E-state index >= 15 is 0 Å². The van der Waals surface area contributed by atoms with Crippen LogP contribution in [-0.2, 0) is 11.3 Å². The first kappa shape index (κ1) is 21.5. The first-order valence-electron chi connectivity index (χ1n) is 10.1. The second kappa shape index (κ2) is 9.62. The fraction of sp³-hybridized carbons (Fsp3) is 0.318. The van der Waals surface area contributed by atoms with E-state index in [0.29, 0.717) is 41.4 Å². The molecule has 162 valence electrons. The Balaban J connectivity index is 1.46. The number of hydrogen-bond donors (Lipinski definition) is 1. The van der Waals surface area contributed by atoms with Crippen LogP contribution in [0.5, 0.6) is 11.5 Å². The van der Waals surface area contributed by atoms with Gasteiger partial charge in [-0.2, -0.15) is 0 Å². The lowest BCUT2D eigenvalue weighted by Gasteiger charge is -2.11. The van der Waals surface area contributed by atoms with Crippen LogP contribution in [0.25, 0.3) is 11.4 Å². The van der Waals surface area contributed by atoms with Crippen molar-refractivity contribution in [3.8, 4) is 22.9 Å². The Hall–Kier alpha value is -2.71. The smallest absolute Gasteiger partial charge is 0.234 e. The van der Waals surface area contributed by atoms with Crippen molar-refractivity contribution in [2.24, 2.45) is 0 Å². The molecule has 0 fully saturated rings. The van der Waals surface area contributed by atoms with Crippen LogP contribution >= 0.6 is 23.4 Å². The van der Waals surface area contributed by atoms with Crippen LogP contribution < -0.4 is 14.8 Å². The predicted molar refractivity (Wildman–Crippen MR) is 122 cm³/mol. The molecule has 1 aromatic heterocycles. The Kier molecular flexibility index (Phi) is 6.67. The van der Waals surface area contributed by atoms with Crippen LogP contribution in [0.1, 0.15) is 18.9 Å². The molecule has 31 heavy (non-hydrogen) atoms. The fourth-order valence-corrected chi connectivity index (χ4v) is 4.18. The lowest BCUT2D eigenvalue weighted by Crippen LogP contribution is -2.14. The van der Waals surface area contributed by atoms with Gasteiger partial charge in [0.1, 0.15) is 0 Å². The van der Waals surface area contributed by atoms with E-state index in [1.807, 2.05) is 48.7 Å². The summed E-state index contributed by atoms with van der Waals surface area (Å²) in [5, 5.41) is 12.8. The summed E-state index contributed by atoms with van der Waals surface area (Å²) >= 11 is 7.47. The van der Waals surface area contributed by atoms with Gasteiger partial charge in [0.2, 0.25) is 5.91 Å². The van der Waals surface area contributed by atoms with Crippen LogP contribution in [0.2, 0.25) is 5.02 Å². The van der Waals surface area contributed by atoms with Gasteiger partial charge in [0.05, 0.1) is 19.0 Å². The highest BCUT2D eigenvalue weighted by Gasteiger charge is 2.18. The first-order chi connectivity index (χ1) is 15.0. The van der Waals surface area contributed by atoms with Gasteiger partial charge in [0.25, 0.3) is 0 Å². The fourth-order valence-electron chi connectivity index (χ4n) is 3.19. The third kappa shape index (κ3) is 4.97. The molecular formula is C22H23ClN4O3S. The molecule has 0 bridgehead atoms. The summed E-state index contributed by atoms with van der Waals surface area (Å²) in [6.45, 7) is 5.89. The molecule has 0 saturated carbocycles. The van der Waals surface area contributed by atoms with Gasteiger partial charge in [-0.1, -0.05) is 29.4 Å². The van der Waals surface area contributed by atoms with Crippen LogP contribution in [0.4, 0.5) is 5.69 Å². The molecule has 1 N–H and O–H groups in total. The zero-order valence-corrected chi connectivity index (χ0v) is 18.9. The van der Waals surface area contributed by atoms with Gasteiger partial charge in [0, 0.05) is 29.2 Å². The number of anilines is 1. The molecule has 3 aromatic rings. The Morgan fingerprint density at radius 1 is 1.16 bits per heavy atom. The number of halogens is 1. The Bertz CT molecular complexity index is 1100. The zero-order chi connectivity index (χ0) is 21.8. The quantitative estimate of drug-likeness (QED) is 0.533. The average Bonchev–Trinajstić information content (AvgIpc) is 3.03. The summed E-state index contributed by atoms with van der Waals surface area (Å²) in [6.07, 6.45) is 0.854. The number of nitrogens with zero attached hydrogens (tertiary/aromatic N) is 3. The number of carbonyl (C=O) groups excluding carboxylic acids is 1. The Morgan fingerprint density at radius 3 is 2.74 bits per heavy atom. The van der Waals surface area contributed by atoms with Crippen LogP contribution in [0.15, 0.2) is 41.6 Å². The molecule has 0 spiro atoms. The molecule has 0 saturated heterocycles. The van der Waals surface area contributed by atoms with Gasteiger partial charge in [-0.25, -0.2) is 0 Å². The van der Waals surface area contributed by atoms with Crippen molar-refractivity contribution in [2.75, 3.05) is 24.3 Å². The molecule has 9 heteroatoms. The number of ether oxygens (including phenoxy) is 2. The van der Waals surface area contributed by atoms with E-state index in [2.05, 4.69) is 15.5 Å². The minimum absolute atomic E-state index is 0.132. The lowest BCUT2D eigenvalue weighted by atomic mass is 10.2. The van der Waals surface area contributed by atoms with Crippen LogP contribution in [-0.4, -0.2) is 39.6 Å². The first-order valence-corrected chi connectivity index (χ1v) is 11.4.